The topological polar surface area (TPSA) is 20.2 Å². The quantitative estimate of drug-likeness (QED) is 0.242. The van der Waals surface area contributed by atoms with Crippen molar-refractivity contribution in [3.05, 3.63) is 29.3 Å². The summed E-state index contributed by atoms with van der Waals surface area (Å²) in [5, 5.41) is 10.5. The summed E-state index contributed by atoms with van der Waals surface area (Å²) in [6.07, 6.45) is 21.2. The average molecular weight is 403 g/mol. The van der Waals surface area contributed by atoms with E-state index >= 15 is 0 Å². The van der Waals surface area contributed by atoms with E-state index in [1.807, 2.05) is 12.1 Å². The van der Waals surface area contributed by atoms with Gasteiger partial charge in [0.2, 0.25) is 0 Å². The van der Waals surface area contributed by atoms with Crippen molar-refractivity contribution in [2.75, 3.05) is 0 Å². The first-order valence-electron chi connectivity index (χ1n) is 12.9. The van der Waals surface area contributed by atoms with Gasteiger partial charge in [0.05, 0.1) is 0 Å². The summed E-state index contributed by atoms with van der Waals surface area (Å²) in [7, 11) is 0. The van der Waals surface area contributed by atoms with Gasteiger partial charge in [-0.15, -0.1) is 0 Å². The Balaban J connectivity index is 2.41. The summed E-state index contributed by atoms with van der Waals surface area (Å²) in [6, 6.07) is 6.17. The molecule has 1 aromatic carbocycles. The lowest BCUT2D eigenvalue weighted by atomic mass is 9.87. The fourth-order valence-corrected chi connectivity index (χ4v) is 4.52. The van der Waals surface area contributed by atoms with E-state index in [1.54, 1.807) is 0 Å². The van der Waals surface area contributed by atoms with Gasteiger partial charge < -0.3 is 5.11 Å². The number of benzene rings is 1. The number of hydrogen-bond acceptors (Lipinski definition) is 1. The van der Waals surface area contributed by atoms with Crippen molar-refractivity contribution in [3.8, 4) is 5.75 Å². The molecule has 29 heavy (non-hydrogen) atoms. The van der Waals surface area contributed by atoms with Crippen LogP contribution in [0.25, 0.3) is 0 Å². The van der Waals surface area contributed by atoms with Crippen LogP contribution in [0.5, 0.6) is 5.75 Å². The Kier molecular flexibility index (Phi) is 15.1. The van der Waals surface area contributed by atoms with Gasteiger partial charge in [0.1, 0.15) is 5.75 Å². The first-order valence-corrected chi connectivity index (χ1v) is 12.9. The highest BCUT2D eigenvalue weighted by atomic mass is 16.3. The van der Waals surface area contributed by atoms with Crippen molar-refractivity contribution in [1.82, 2.24) is 0 Å². The second-order valence-corrected chi connectivity index (χ2v) is 9.65. The van der Waals surface area contributed by atoms with Crippen LogP contribution in [0.4, 0.5) is 0 Å². The lowest BCUT2D eigenvalue weighted by Gasteiger charge is -2.19. The number of hydrogen-bond donors (Lipinski definition) is 1. The molecule has 0 amide bonds. The van der Waals surface area contributed by atoms with Crippen molar-refractivity contribution < 1.29 is 5.11 Å². The highest BCUT2D eigenvalue weighted by Crippen LogP contribution is 2.29. The molecule has 1 heteroatoms. The van der Waals surface area contributed by atoms with E-state index in [-0.39, 0.29) is 0 Å². The van der Waals surface area contributed by atoms with E-state index in [9.17, 15) is 5.11 Å². The maximum atomic E-state index is 10.5. The standard InChI is InChI=1S/C28H50O/c1-5-7-9-11-13-15-18-24(3)22-26-20-17-21-28(29)27(26)23-25(4)19-16-14-12-10-8-6-2/h17,20-21,24-25,29H,5-16,18-19,22-23H2,1-4H3. The molecule has 2 atom stereocenters. The number of rotatable bonds is 18. The van der Waals surface area contributed by atoms with Crippen LogP contribution in [0, 0.1) is 11.8 Å². The molecule has 1 rings (SSSR count). The molecule has 168 valence electrons. The predicted molar refractivity (Wildman–Crippen MR) is 130 cm³/mol. The monoisotopic (exact) mass is 402 g/mol. The van der Waals surface area contributed by atoms with Crippen molar-refractivity contribution in [2.24, 2.45) is 11.8 Å². The van der Waals surface area contributed by atoms with Gasteiger partial charge >= 0.3 is 0 Å². The lowest BCUT2D eigenvalue weighted by Crippen LogP contribution is -2.07. The second-order valence-electron chi connectivity index (χ2n) is 9.65. The molecule has 0 saturated carbocycles. The van der Waals surface area contributed by atoms with E-state index in [4.69, 9.17) is 0 Å². The fraction of sp³-hybridized carbons (Fsp3) is 0.786. The minimum absolute atomic E-state index is 0.518. The van der Waals surface area contributed by atoms with Gasteiger partial charge in [-0.05, 0) is 41.9 Å². The number of phenolic OH excluding ortho intramolecular Hbond substituents is 1. The number of phenols is 1. The Morgan fingerprint density at radius 3 is 1.69 bits per heavy atom. The van der Waals surface area contributed by atoms with Crippen LogP contribution in [0.15, 0.2) is 18.2 Å². The molecule has 1 N–H and O–H groups in total. The lowest BCUT2D eigenvalue weighted by molar-refractivity contribution is 0.438. The SMILES string of the molecule is CCCCCCCCC(C)Cc1cccc(O)c1CC(C)CCCCCCCC. The average Bonchev–Trinajstić information content (AvgIpc) is 2.70. The largest absolute Gasteiger partial charge is 0.508 e. The summed E-state index contributed by atoms with van der Waals surface area (Å²) in [4.78, 5) is 0. The molecule has 0 spiro atoms. The van der Waals surface area contributed by atoms with E-state index in [2.05, 4.69) is 33.8 Å². The van der Waals surface area contributed by atoms with Gasteiger partial charge in [-0.2, -0.15) is 0 Å². The first-order chi connectivity index (χ1) is 14.1. The Labute approximate surface area is 182 Å². The molecule has 0 aliphatic heterocycles. The fourth-order valence-electron chi connectivity index (χ4n) is 4.52. The Morgan fingerprint density at radius 1 is 0.655 bits per heavy atom. The molecular formula is C28H50O. The minimum atomic E-state index is 0.518. The summed E-state index contributed by atoms with van der Waals surface area (Å²) < 4.78 is 0. The van der Waals surface area contributed by atoms with Gasteiger partial charge in [0, 0.05) is 0 Å². The van der Waals surface area contributed by atoms with Crippen molar-refractivity contribution in [1.29, 1.82) is 0 Å². The van der Waals surface area contributed by atoms with Gasteiger partial charge in [-0.3, -0.25) is 0 Å². The van der Waals surface area contributed by atoms with Crippen LogP contribution in [-0.2, 0) is 12.8 Å². The van der Waals surface area contributed by atoms with Gasteiger partial charge in [-0.25, -0.2) is 0 Å². The van der Waals surface area contributed by atoms with E-state index in [0.717, 1.165) is 12.8 Å². The number of aromatic hydroxyl groups is 1. The van der Waals surface area contributed by atoms with Gasteiger partial charge in [-0.1, -0.05) is 130 Å². The summed E-state index contributed by atoms with van der Waals surface area (Å²) in [5.41, 5.74) is 2.61. The van der Waals surface area contributed by atoms with E-state index < -0.39 is 0 Å². The van der Waals surface area contributed by atoms with Crippen LogP contribution in [0.2, 0.25) is 0 Å². The zero-order chi connectivity index (χ0) is 21.3. The third-order valence-electron chi connectivity index (χ3n) is 6.47. The summed E-state index contributed by atoms with van der Waals surface area (Å²) in [6.45, 7) is 9.31. The molecule has 1 aromatic rings. The molecule has 0 saturated heterocycles. The van der Waals surface area contributed by atoms with Crippen molar-refractivity contribution in [2.45, 2.75) is 130 Å². The molecule has 0 aromatic heterocycles. The van der Waals surface area contributed by atoms with Crippen molar-refractivity contribution >= 4 is 0 Å². The molecule has 0 aliphatic rings. The van der Waals surface area contributed by atoms with Crippen LogP contribution in [0.3, 0.4) is 0 Å². The minimum Gasteiger partial charge on any atom is -0.508 e. The second kappa shape index (κ2) is 16.8. The first kappa shape index (κ1) is 26.1. The molecule has 0 radical (unpaired) electrons. The summed E-state index contributed by atoms with van der Waals surface area (Å²) >= 11 is 0. The van der Waals surface area contributed by atoms with Gasteiger partial charge in [0.15, 0.2) is 0 Å². The van der Waals surface area contributed by atoms with Crippen LogP contribution in [-0.4, -0.2) is 5.11 Å². The molecule has 0 heterocycles. The molecular weight excluding hydrogens is 352 g/mol. The number of unbranched alkanes of at least 4 members (excludes halogenated alkanes) is 10. The zero-order valence-corrected chi connectivity index (χ0v) is 20.1. The van der Waals surface area contributed by atoms with Crippen LogP contribution >= 0.6 is 0 Å². The third kappa shape index (κ3) is 12.3. The maximum Gasteiger partial charge on any atom is 0.119 e. The Morgan fingerprint density at radius 2 is 1.14 bits per heavy atom. The summed E-state index contributed by atoms with van der Waals surface area (Å²) in [5.74, 6) is 1.88. The third-order valence-corrected chi connectivity index (χ3v) is 6.47. The van der Waals surface area contributed by atoms with Crippen LogP contribution in [0.1, 0.15) is 129 Å². The Bertz CT molecular complexity index is 507. The smallest absolute Gasteiger partial charge is 0.119 e. The zero-order valence-electron chi connectivity index (χ0n) is 20.1. The Hall–Kier alpha value is -0.980. The molecule has 0 aliphatic carbocycles. The predicted octanol–water partition coefficient (Wildman–Crippen LogP) is 9.25. The molecule has 2 unspecified atom stereocenters. The van der Waals surface area contributed by atoms with E-state index in [1.165, 1.54) is 101 Å². The van der Waals surface area contributed by atoms with Crippen molar-refractivity contribution in [3.63, 3.8) is 0 Å². The normalized spacial score (nSPS) is 13.5. The maximum absolute atomic E-state index is 10.5. The van der Waals surface area contributed by atoms with E-state index in [0.29, 0.717) is 17.6 Å². The van der Waals surface area contributed by atoms with Gasteiger partial charge in [0.25, 0.3) is 0 Å². The highest BCUT2D eigenvalue weighted by molar-refractivity contribution is 5.39. The molecule has 0 fully saturated rings. The molecule has 1 nitrogen and oxygen atoms in total. The highest BCUT2D eigenvalue weighted by Gasteiger charge is 2.14. The molecule has 0 bridgehead atoms. The van der Waals surface area contributed by atoms with Crippen LogP contribution < -0.4 is 0 Å².